The van der Waals surface area contributed by atoms with Gasteiger partial charge in [0.05, 0.1) is 10.6 Å². The summed E-state index contributed by atoms with van der Waals surface area (Å²) in [7, 11) is -3.48. The lowest BCUT2D eigenvalue weighted by molar-refractivity contribution is 0.477. The molecule has 1 N–H and O–H groups in total. The predicted molar refractivity (Wildman–Crippen MR) is 119 cm³/mol. The van der Waals surface area contributed by atoms with Crippen molar-refractivity contribution in [3.05, 3.63) is 65.2 Å². The zero-order valence-corrected chi connectivity index (χ0v) is 18.3. The molecule has 30 heavy (non-hydrogen) atoms. The van der Waals surface area contributed by atoms with Gasteiger partial charge in [-0.2, -0.15) is 4.31 Å². The van der Waals surface area contributed by atoms with Crippen LogP contribution in [-0.4, -0.2) is 36.0 Å². The van der Waals surface area contributed by atoms with Crippen molar-refractivity contribution in [2.75, 3.05) is 18.4 Å². The molecular weight excluding hydrogens is 396 g/mol. The highest BCUT2D eigenvalue weighted by Crippen LogP contribution is 2.28. The molecule has 0 aliphatic carbocycles. The fraction of sp³-hybridized carbons (Fsp3) is 0.304. The Morgan fingerprint density at radius 1 is 0.833 bits per heavy atom. The van der Waals surface area contributed by atoms with E-state index in [0.29, 0.717) is 29.5 Å². The zero-order valence-electron chi connectivity index (χ0n) is 17.5. The molecule has 1 aliphatic heterocycles. The van der Waals surface area contributed by atoms with Crippen LogP contribution in [0, 0.1) is 20.8 Å². The molecule has 0 radical (unpaired) electrons. The number of nitrogens with zero attached hydrogens (tertiary/aromatic N) is 3. The first kappa shape index (κ1) is 20.5. The highest BCUT2D eigenvalue weighted by Gasteiger charge is 2.28. The second kappa shape index (κ2) is 8.16. The van der Waals surface area contributed by atoms with Crippen molar-refractivity contribution in [3.63, 3.8) is 0 Å². The molecule has 1 fully saturated rings. The van der Waals surface area contributed by atoms with Crippen molar-refractivity contribution >= 4 is 21.5 Å². The van der Waals surface area contributed by atoms with Crippen LogP contribution in [0.5, 0.6) is 0 Å². The summed E-state index contributed by atoms with van der Waals surface area (Å²) in [6.07, 6.45) is 1.83. The van der Waals surface area contributed by atoms with Crippen molar-refractivity contribution in [3.8, 4) is 11.3 Å². The number of hydrogen-bond donors (Lipinski definition) is 1. The lowest BCUT2D eigenvalue weighted by Gasteiger charge is -2.17. The van der Waals surface area contributed by atoms with E-state index in [4.69, 9.17) is 0 Å². The summed E-state index contributed by atoms with van der Waals surface area (Å²) in [5, 5.41) is 11.8. The third-order valence-electron chi connectivity index (χ3n) is 5.61. The van der Waals surface area contributed by atoms with Gasteiger partial charge in [0.15, 0.2) is 5.82 Å². The Hall–Kier alpha value is -2.77. The molecule has 4 rings (SSSR count). The number of rotatable bonds is 5. The molecule has 0 spiro atoms. The predicted octanol–water partition coefficient (Wildman–Crippen LogP) is 4.60. The van der Waals surface area contributed by atoms with Crippen LogP contribution in [0.3, 0.4) is 0 Å². The molecule has 1 aromatic heterocycles. The van der Waals surface area contributed by atoms with E-state index in [2.05, 4.69) is 41.5 Å². The molecule has 2 heterocycles. The second-order valence-corrected chi connectivity index (χ2v) is 9.73. The molecule has 6 nitrogen and oxygen atoms in total. The standard InChI is InChI=1S/C23H26N4O2S/c1-16-7-9-20(14-18(16)3)24-23-11-10-21(25-26-23)19-8-6-17(2)22(15-19)30(28,29)27-12-4-5-13-27/h6-11,14-15H,4-5,12-13H2,1-3H3,(H,24,26). The second-order valence-electron chi connectivity index (χ2n) is 7.82. The summed E-state index contributed by atoms with van der Waals surface area (Å²) < 4.78 is 27.6. The van der Waals surface area contributed by atoms with Crippen LogP contribution in [0.4, 0.5) is 11.5 Å². The number of anilines is 2. The largest absolute Gasteiger partial charge is 0.339 e. The summed E-state index contributed by atoms with van der Waals surface area (Å²) in [4.78, 5) is 0.348. The first-order valence-electron chi connectivity index (χ1n) is 10.1. The summed E-state index contributed by atoms with van der Waals surface area (Å²) >= 11 is 0. The lowest BCUT2D eigenvalue weighted by Crippen LogP contribution is -2.28. The van der Waals surface area contributed by atoms with Crippen molar-refractivity contribution in [1.82, 2.24) is 14.5 Å². The molecule has 0 amide bonds. The van der Waals surface area contributed by atoms with E-state index in [1.165, 1.54) is 11.1 Å². The topological polar surface area (TPSA) is 75.2 Å². The molecular formula is C23H26N4O2S. The minimum Gasteiger partial charge on any atom is -0.339 e. The average Bonchev–Trinajstić information content (AvgIpc) is 3.28. The summed E-state index contributed by atoms with van der Waals surface area (Å²) in [6, 6.07) is 15.3. The maximum absolute atomic E-state index is 13.0. The fourth-order valence-corrected chi connectivity index (χ4v) is 5.39. The number of hydrogen-bond acceptors (Lipinski definition) is 5. The van der Waals surface area contributed by atoms with Gasteiger partial charge in [-0.05, 0) is 80.6 Å². The summed E-state index contributed by atoms with van der Waals surface area (Å²) in [5.74, 6) is 0.638. The Morgan fingerprint density at radius 3 is 2.23 bits per heavy atom. The summed E-state index contributed by atoms with van der Waals surface area (Å²) in [5.41, 5.74) is 5.51. The van der Waals surface area contributed by atoms with Gasteiger partial charge in [0.1, 0.15) is 0 Å². The van der Waals surface area contributed by atoms with Crippen molar-refractivity contribution < 1.29 is 8.42 Å². The van der Waals surface area contributed by atoms with E-state index in [0.717, 1.165) is 29.7 Å². The maximum atomic E-state index is 13.0. The van der Waals surface area contributed by atoms with Gasteiger partial charge in [0, 0.05) is 24.3 Å². The first-order valence-corrected chi connectivity index (χ1v) is 11.6. The summed E-state index contributed by atoms with van der Waals surface area (Å²) in [6.45, 7) is 7.15. The minimum absolute atomic E-state index is 0.348. The molecule has 2 aromatic carbocycles. The molecule has 1 aliphatic rings. The van der Waals surface area contributed by atoms with Crippen LogP contribution < -0.4 is 5.32 Å². The van der Waals surface area contributed by atoms with Crippen LogP contribution in [-0.2, 0) is 10.0 Å². The highest BCUT2D eigenvalue weighted by atomic mass is 32.2. The number of aromatic nitrogens is 2. The molecule has 7 heteroatoms. The van der Waals surface area contributed by atoms with E-state index in [1.807, 2.05) is 37.3 Å². The molecule has 0 unspecified atom stereocenters. The monoisotopic (exact) mass is 422 g/mol. The Bertz CT molecular complexity index is 1170. The van der Waals surface area contributed by atoms with E-state index in [-0.39, 0.29) is 0 Å². The average molecular weight is 423 g/mol. The van der Waals surface area contributed by atoms with Crippen molar-refractivity contribution in [2.45, 2.75) is 38.5 Å². The van der Waals surface area contributed by atoms with Crippen LogP contribution in [0.1, 0.15) is 29.5 Å². The molecule has 156 valence electrons. The fourth-order valence-electron chi connectivity index (χ4n) is 3.62. The minimum atomic E-state index is -3.48. The highest BCUT2D eigenvalue weighted by molar-refractivity contribution is 7.89. The van der Waals surface area contributed by atoms with Gasteiger partial charge < -0.3 is 5.32 Å². The number of aryl methyl sites for hydroxylation is 3. The van der Waals surface area contributed by atoms with Crippen molar-refractivity contribution in [1.29, 1.82) is 0 Å². The van der Waals surface area contributed by atoms with E-state index in [1.54, 1.807) is 10.4 Å². The third-order valence-corrected chi connectivity index (χ3v) is 7.65. The normalized spacial score (nSPS) is 14.8. The van der Waals surface area contributed by atoms with E-state index >= 15 is 0 Å². The van der Waals surface area contributed by atoms with Crippen LogP contribution in [0.2, 0.25) is 0 Å². The number of nitrogens with one attached hydrogen (secondary N) is 1. The van der Waals surface area contributed by atoms with Crippen LogP contribution >= 0.6 is 0 Å². The van der Waals surface area contributed by atoms with Crippen LogP contribution in [0.25, 0.3) is 11.3 Å². The van der Waals surface area contributed by atoms with Gasteiger partial charge in [0.2, 0.25) is 10.0 Å². The van der Waals surface area contributed by atoms with Gasteiger partial charge in [-0.15, -0.1) is 10.2 Å². The molecule has 3 aromatic rings. The number of sulfonamides is 1. The first-order chi connectivity index (χ1) is 14.3. The van der Waals surface area contributed by atoms with E-state index in [9.17, 15) is 8.42 Å². The van der Waals surface area contributed by atoms with E-state index < -0.39 is 10.0 Å². The van der Waals surface area contributed by atoms with Gasteiger partial charge in [-0.25, -0.2) is 8.42 Å². The SMILES string of the molecule is Cc1ccc(Nc2ccc(-c3ccc(C)c(S(=O)(=O)N4CCCC4)c3)nn2)cc1C. The van der Waals surface area contributed by atoms with Gasteiger partial charge >= 0.3 is 0 Å². The van der Waals surface area contributed by atoms with Gasteiger partial charge in [-0.3, -0.25) is 0 Å². The molecule has 0 bridgehead atoms. The quantitative estimate of drug-likeness (QED) is 0.650. The Labute approximate surface area is 178 Å². The molecule has 1 saturated heterocycles. The Morgan fingerprint density at radius 2 is 1.57 bits per heavy atom. The zero-order chi connectivity index (χ0) is 21.3. The van der Waals surface area contributed by atoms with Gasteiger partial charge in [0.25, 0.3) is 0 Å². The smallest absolute Gasteiger partial charge is 0.243 e. The number of benzene rings is 2. The lowest BCUT2D eigenvalue weighted by atomic mass is 10.1. The Kier molecular flexibility index (Phi) is 5.58. The van der Waals surface area contributed by atoms with Crippen molar-refractivity contribution in [2.24, 2.45) is 0 Å². The Balaban J connectivity index is 1.59. The molecule has 0 saturated carbocycles. The molecule has 0 atom stereocenters. The maximum Gasteiger partial charge on any atom is 0.243 e. The van der Waals surface area contributed by atoms with Crippen LogP contribution in [0.15, 0.2) is 53.4 Å². The third kappa shape index (κ3) is 4.08. The van der Waals surface area contributed by atoms with Gasteiger partial charge in [-0.1, -0.05) is 18.2 Å².